The van der Waals surface area contributed by atoms with Crippen LogP contribution in [0.3, 0.4) is 0 Å². The van der Waals surface area contributed by atoms with Gasteiger partial charge in [0.25, 0.3) is 0 Å². The van der Waals surface area contributed by atoms with Crippen molar-refractivity contribution in [1.82, 2.24) is 14.7 Å². The average molecular weight is 210 g/mol. The second-order valence-corrected chi connectivity index (χ2v) is 3.93. The zero-order chi connectivity index (χ0) is 11.1. The normalized spacial score (nSPS) is 11.2. The molecule has 0 unspecified atom stereocenters. The molecule has 0 atom stereocenters. The van der Waals surface area contributed by atoms with Crippen LogP contribution in [0, 0.1) is 0 Å². The number of aromatic nitrogens is 2. The molecular formula is C11H22N4. The van der Waals surface area contributed by atoms with Crippen molar-refractivity contribution in [2.24, 2.45) is 5.73 Å². The van der Waals surface area contributed by atoms with Crippen molar-refractivity contribution in [1.29, 1.82) is 0 Å². The first-order valence-electron chi connectivity index (χ1n) is 5.67. The molecule has 1 heterocycles. The molecule has 2 N–H and O–H groups in total. The molecule has 1 rings (SSSR count). The van der Waals surface area contributed by atoms with Gasteiger partial charge in [0.1, 0.15) is 0 Å². The summed E-state index contributed by atoms with van der Waals surface area (Å²) in [6.07, 6.45) is 4.06. The second kappa shape index (κ2) is 6.58. The van der Waals surface area contributed by atoms with E-state index in [0.717, 1.165) is 39.0 Å². The molecule has 1 aromatic heterocycles. The van der Waals surface area contributed by atoms with E-state index >= 15 is 0 Å². The SMILES string of the molecule is CCCn1nccc1CN(C)CCCN. The number of hydrogen-bond acceptors (Lipinski definition) is 3. The Balaban J connectivity index is 2.44. The summed E-state index contributed by atoms with van der Waals surface area (Å²) in [5.41, 5.74) is 6.77. The van der Waals surface area contributed by atoms with Crippen LogP contribution < -0.4 is 5.73 Å². The minimum atomic E-state index is 0.762. The van der Waals surface area contributed by atoms with Gasteiger partial charge in [0, 0.05) is 19.3 Å². The Bertz CT molecular complexity index is 269. The highest BCUT2D eigenvalue weighted by Gasteiger charge is 2.04. The molecule has 0 aliphatic rings. The zero-order valence-electron chi connectivity index (χ0n) is 9.82. The first-order valence-corrected chi connectivity index (χ1v) is 5.67. The molecule has 0 aliphatic heterocycles. The molecule has 0 fully saturated rings. The summed E-state index contributed by atoms with van der Waals surface area (Å²) in [6.45, 7) is 5.95. The Morgan fingerprint density at radius 1 is 1.53 bits per heavy atom. The highest BCUT2D eigenvalue weighted by atomic mass is 15.3. The van der Waals surface area contributed by atoms with Crippen LogP contribution >= 0.6 is 0 Å². The van der Waals surface area contributed by atoms with Crippen LogP contribution in [-0.2, 0) is 13.1 Å². The lowest BCUT2D eigenvalue weighted by Crippen LogP contribution is -2.23. The molecule has 0 saturated carbocycles. The summed E-state index contributed by atoms with van der Waals surface area (Å²) in [5, 5.41) is 4.30. The van der Waals surface area contributed by atoms with Crippen molar-refractivity contribution >= 4 is 0 Å². The van der Waals surface area contributed by atoms with Crippen LogP contribution in [0.4, 0.5) is 0 Å². The van der Waals surface area contributed by atoms with Crippen molar-refractivity contribution in [3.05, 3.63) is 18.0 Å². The molecule has 4 nitrogen and oxygen atoms in total. The van der Waals surface area contributed by atoms with E-state index in [1.165, 1.54) is 5.69 Å². The molecule has 0 aliphatic carbocycles. The maximum Gasteiger partial charge on any atom is 0.0524 e. The van der Waals surface area contributed by atoms with Crippen LogP contribution in [0.15, 0.2) is 12.3 Å². The number of rotatable bonds is 7. The van der Waals surface area contributed by atoms with Crippen molar-refractivity contribution in [3.63, 3.8) is 0 Å². The first kappa shape index (κ1) is 12.2. The van der Waals surface area contributed by atoms with E-state index in [0.29, 0.717) is 0 Å². The van der Waals surface area contributed by atoms with Crippen molar-refractivity contribution in [3.8, 4) is 0 Å². The standard InChI is InChI=1S/C11H22N4/c1-3-8-15-11(5-7-13-15)10-14(2)9-4-6-12/h5,7H,3-4,6,8-10,12H2,1-2H3. The topological polar surface area (TPSA) is 47.1 Å². The summed E-state index contributed by atoms with van der Waals surface area (Å²) in [7, 11) is 2.12. The van der Waals surface area contributed by atoms with Crippen LogP contribution in [-0.4, -0.2) is 34.8 Å². The van der Waals surface area contributed by atoms with E-state index in [1.807, 2.05) is 6.20 Å². The fourth-order valence-corrected chi connectivity index (χ4v) is 1.62. The molecule has 0 amide bonds. The van der Waals surface area contributed by atoms with Gasteiger partial charge in [-0.1, -0.05) is 6.92 Å². The minimum Gasteiger partial charge on any atom is -0.330 e. The fraction of sp³-hybridized carbons (Fsp3) is 0.727. The van der Waals surface area contributed by atoms with Gasteiger partial charge >= 0.3 is 0 Å². The third-order valence-electron chi connectivity index (χ3n) is 2.42. The molecule has 0 spiro atoms. The van der Waals surface area contributed by atoms with Gasteiger partial charge in [-0.05, 0) is 39.0 Å². The Labute approximate surface area is 92.1 Å². The third kappa shape index (κ3) is 4.01. The van der Waals surface area contributed by atoms with Crippen molar-refractivity contribution < 1.29 is 0 Å². The van der Waals surface area contributed by atoms with E-state index in [4.69, 9.17) is 5.73 Å². The molecule has 0 aromatic carbocycles. The van der Waals surface area contributed by atoms with E-state index < -0.39 is 0 Å². The lowest BCUT2D eigenvalue weighted by atomic mass is 10.3. The Morgan fingerprint density at radius 2 is 2.33 bits per heavy atom. The van der Waals surface area contributed by atoms with Crippen LogP contribution in [0.25, 0.3) is 0 Å². The Morgan fingerprint density at radius 3 is 3.00 bits per heavy atom. The molecule has 4 heteroatoms. The summed E-state index contributed by atoms with van der Waals surface area (Å²) < 4.78 is 2.08. The van der Waals surface area contributed by atoms with Gasteiger partial charge in [-0.25, -0.2) is 0 Å². The third-order valence-corrected chi connectivity index (χ3v) is 2.42. The summed E-state index contributed by atoms with van der Waals surface area (Å²) >= 11 is 0. The summed E-state index contributed by atoms with van der Waals surface area (Å²) in [6, 6.07) is 2.09. The molecule has 0 radical (unpaired) electrons. The molecule has 0 bridgehead atoms. The van der Waals surface area contributed by atoms with Gasteiger partial charge < -0.3 is 10.6 Å². The smallest absolute Gasteiger partial charge is 0.0524 e. The number of aryl methyl sites for hydroxylation is 1. The number of hydrogen-bond donors (Lipinski definition) is 1. The number of nitrogens with zero attached hydrogens (tertiary/aromatic N) is 3. The largest absolute Gasteiger partial charge is 0.330 e. The van der Waals surface area contributed by atoms with Crippen molar-refractivity contribution in [2.75, 3.05) is 20.1 Å². The molecular weight excluding hydrogens is 188 g/mol. The molecule has 1 aromatic rings. The van der Waals surface area contributed by atoms with E-state index in [1.54, 1.807) is 0 Å². The summed E-state index contributed by atoms with van der Waals surface area (Å²) in [4.78, 5) is 2.29. The number of nitrogens with two attached hydrogens (primary N) is 1. The average Bonchev–Trinajstić information content (AvgIpc) is 2.63. The maximum atomic E-state index is 5.48. The van der Waals surface area contributed by atoms with Gasteiger partial charge in [-0.2, -0.15) is 5.10 Å². The van der Waals surface area contributed by atoms with Gasteiger partial charge in [-0.3, -0.25) is 4.68 Å². The first-order chi connectivity index (χ1) is 7.27. The lowest BCUT2D eigenvalue weighted by Gasteiger charge is -2.16. The Kier molecular flexibility index (Phi) is 5.36. The minimum absolute atomic E-state index is 0.762. The van der Waals surface area contributed by atoms with Crippen LogP contribution in [0.1, 0.15) is 25.5 Å². The van der Waals surface area contributed by atoms with E-state index in [2.05, 4.69) is 34.7 Å². The van der Waals surface area contributed by atoms with Gasteiger partial charge in [0.15, 0.2) is 0 Å². The van der Waals surface area contributed by atoms with Crippen molar-refractivity contribution in [2.45, 2.75) is 32.9 Å². The monoisotopic (exact) mass is 210 g/mol. The molecule has 86 valence electrons. The fourth-order valence-electron chi connectivity index (χ4n) is 1.62. The second-order valence-electron chi connectivity index (χ2n) is 3.93. The predicted molar refractivity (Wildman–Crippen MR) is 62.5 cm³/mol. The zero-order valence-corrected chi connectivity index (χ0v) is 9.82. The highest BCUT2D eigenvalue weighted by Crippen LogP contribution is 2.04. The summed E-state index contributed by atoms with van der Waals surface area (Å²) in [5.74, 6) is 0. The van der Waals surface area contributed by atoms with E-state index in [-0.39, 0.29) is 0 Å². The lowest BCUT2D eigenvalue weighted by molar-refractivity contribution is 0.311. The Hall–Kier alpha value is -0.870. The highest BCUT2D eigenvalue weighted by molar-refractivity contribution is 5.00. The predicted octanol–water partition coefficient (Wildman–Crippen LogP) is 1.07. The molecule has 0 saturated heterocycles. The van der Waals surface area contributed by atoms with Crippen LogP contribution in [0.5, 0.6) is 0 Å². The van der Waals surface area contributed by atoms with Gasteiger partial charge in [0.05, 0.1) is 5.69 Å². The van der Waals surface area contributed by atoms with Crippen LogP contribution in [0.2, 0.25) is 0 Å². The van der Waals surface area contributed by atoms with Gasteiger partial charge in [0.2, 0.25) is 0 Å². The van der Waals surface area contributed by atoms with Gasteiger partial charge in [-0.15, -0.1) is 0 Å². The van der Waals surface area contributed by atoms with E-state index in [9.17, 15) is 0 Å². The molecule has 15 heavy (non-hydrogen) atoms. The maximum absolute atomic E-state index is 5.48. The quantitative estimate of drug-likeness (QED) is 0.732.